The predicted octanol–water partition coefficient (Wildman–Crippen LogP) is 3.56. The zero-order valence-electron chi connectivity index (χ0n) is 11.4. The van der Waals surface area contributed by atoms with Crippen LogP contribution in [0.2, 0.25) is 0 Å². The highest BCUT2D eigenvalue weighted by molar-refractivity contribution is 6.02. The van der Waals surface area contributed by atoms with E-state index in [1.165, 1.54) is 12.1 Å². The fourth-order valence-electron chi connectivity index (χ4n) is 1.87. The van der Waals surface area contributed by atoms with Gasteiger partial charge in [-0.2, -0.15) is 0 Å². The first-order valence-electron chi connectivity index (χ1n) is 6.36. The largest absolute Gasteiger partial charge is 0.322 e. The summed E-state index contributed by atoms with van der Waals surface area (Å²) in [4.78, 5) is 22.2. The number of hydrogen-bond acceptors (Lipinski definition) is 3. The quantitative estimate of drug-likeness (QED) is 0.529. The van der Waals surface area contributed by atoms with E-state index in [2.05, 4.69) is 5.32 Å². The molecule has 0 aliphatic rings. The number of nitrogens with zero attached hydrogens (tertiary/aromatic N) is 1. The van der Waals surface area contributed by atoms with Crippen LogP contribution in [0, 0.1) is 17.0 Å². The average molecular weight is 282 g/mol. The van der Waals surface area contributed by atoms with Gasteiger partial charge < -0.3 is 5.32 Å². The highest BCUT2D eigenvalue weighted by Gasteiger charge is 2.13. The number of nitro benzene ring substituents is 1. The maximum Gasteiger partial charge on any atom is 0.274 e. The third kappa shape index (κ3) is 3.76. The van der Waals surface area contributed by atoms with Crippen LogP contribution in [-0.4, -0.2) is 10.8 Å². The fourth-order valence-corrected chi connectivity index (χ4v) is 1.87. The summed E-state index contributed by atoms with van der Waals surface area (Å²) >= 11 is 0. The van der Waals surface area contributed by atoms with Crippen molar-refractivity contribution in [3.8, 4) is 0 Å². The molecule has 21 heavy (non-hydrogen) atoms. The van der Waals surface area contributed by atoms with Crippen LogP contribution in [0.5, 0.6) is 0 Å². The summed E-state index contributed by atoms with van der Waals surface area (Å²) in [6.07, 6.45) is 3.08. The number of carbonyl (C=O) groups excluding carboxylic acids is 1. The lowest BCUT2D eigenvalue weighted by molar-refractivity contribution is -0.385. The Morgan fingerprint density at radius 2 is 1.86 bits per heavy atom. The normalized spacial score (nSPS) is 10.5. The molecule has 0 radical (unpaired) electrons. The predicted molar refractivity (Wildman–Crippen MR) is 81.9 cm³/mol. The van der Waals surface area contributed by atoms with Gasteiger partial charge in [-0.05, 0) is 24.6 Å². The van der Waals surface area contributed by atoms with Crippen molar-refractivity contribution in [2.24, 2.45) is 0 Å². The highest BCUT2D eigenvalue weighted by atomic mass is 16.6. The first-order valence-corrected chi connectivity index (χ1v) is 6.36. The molecule has 0 bridgehead atoms. The van der Waals surface area contributed by atoms with Crippen molar-refractivity contribution in [1.82, 2.24) is 0 Å². The molecule has 1 amide bonds. The molecular formula is C16H14N2O3. The molecule has 0 aromatic heterocycles. The second-order valence-corrected chi connectivity index (χ2v) is 4.44. The van der Waals surface area contributed by atoms with Crippen molar-refractivity contribution >= 4 is 23.4 Å². The van der Waals surface area contributed by atoms with E-state index >= 15 is 0 Å². The summed E-state index contributed by atoms with van der Waals surface area (Å²) < 4.78 is 0. The Kier molecular flexibility index (Phi) is 4.46. The molecule has 0 atom stereocenters. The van der Waals surface area contributed by atoms with E-state index in [1.807, 2.05) is 30.3 Å². The van der Waals surface area contributed by atoms with Gasteiger partial charge in [0.2, 0.25) is 5.91 Å². The summed E-state index contributed by atoms with van der Waals surface area (Å²) in [6.45, 7) is 1.61. The van der Waals surface area contributed by atoms with Gasteiger partial charge in [0.25, 0.3) is 5.69 Å². The Morgan fingerprint density at radius 1 is 1.14 bits per heavy atom. The maximum absolute atomic E-state index is 11.9. The van der Waals surface area contributed by atoms with E-state index in [0.717, 1.165) is 5.56 Å². The Morgan fingerprint density at radius 3 is 2.52 bits per heavy atom. The zero-order valence-corrected chi connectivity index (χ0v) is 11.4. The summed E-state index contributed by atoms with van der Waals surface area (Å²) in [5.74, 6) is -0.331. The molecule has 0 spiro atoms. The fraction of sp³-hybridized carbons (Fsp3) is 0.0625. The van der Waals surface area contributed by atoms with Gasteiger partial charge in [-0.3, -0.25) is 14.9 Å². The average Bonchev–Trinajstić information content (AvgIpc) is 2.48. The van der Waals surface area contributed by atoms with Gasteiger partial charge in [0, 0.05) is 12.1 Å². The van der Waals surface area contributed by atoms with E-state index in [-0.39, 0.29) is 11.6 Å². The number of amides is 1. The lowest BCUT2D eigenvalue weighted by atomic mass is 10.1. The second kappa shape index (κ2) is 6.47. The lowest BCUT2D eigenvalue weighted by Gasteiger charge is -2.06. The molecule has 0 fully saturated rings. The molecule has 0 aliphatic heterocycles. The van der Waals surface area contributed by atoms with Crippen LogP contribution in [0.4, 0.5) is 11.4 Å². The van der Waals surface area contributed by atoms with Crippen LogP contribution in [-0.2, 0) is 4.79 Å². The van der Waals surface area contributed by atoms with Gasteiger partial charge in [0.05, 0.1) is 16.2 Å². The maximum atomic E-state index is 11.9. The molecule has 0 aliphatic carbocycles. The van der Waals surface area contributed by atoms with Crippen LogP contribution < -0.4 is 5.32 Å². The summed E-state index contributed by atoms with van der Waals surface area (Å²) in [5.41, 5.74) is 1.76. The van der Waals surface area contributed by atoms with Gasteiger partial charge in [-0.25, -0.2) is 0 Å². The number of rotatable bonds is 4. The van der Waals surface area contributed by atoms with Gasteiger partial charge in [0.15, 0.2) is 0 Å². The van der Waals surface area contributed by atoms with Crippen molar-refractivity contribution in [3.05, 3.63) is 75.8 Å². The summed E-state index contributed by atoms with van der Waals surface area (Å²) in [7, 11) is 0. The van der Waals surface area contributed by atoms with E-state index < -0.39 is 4.92 Å². The third-order valence-corrected chi connectivity index (χ3v) is 2.99. The monoisotopic (exact) mass is 282 g/mol. The van der Waals surface area contributed by atoms with Crippen molar-refractivity contribution < 1.29 is 9.72 Å². The first kappa shape index (κ1) is 14.5. The Balaban J connectivity index is 2.12. The zero-order chi connectivity index (χ0) is 15.2. The Bertz CT molecular complexity index is 694. The number of anilines is 1. The van der Waals surface area contributed by atoms with Crippen LogP contribution >= 0.6 is 0 Å². The number of nitrogens with one attached hydrogen (secondary N) is 1. The topological polar surface area (TPSA) is 72.2 Å². The van der Waals surface area contributed by atoms with Crippen LogP contribution in [0.15, 0.2) is 54.6 Å². The van der Waals surface area contributed by atoms with Crippen molar-refractivity contribution in [1.29, 1.82) is 0 Å². The van der Waals surface area contributed by atoms with E-state index in [9.17, 15) is 14.9 Å². The number of benzene rings is 2. The number of hydrogen-bond donors (Lipinski definition) is 1. The van der Waals surface area contributed by atoms with Gasteiger partial charge in [0.1, 0.15) is 0 Å². The lowest BCUT2D eigenvalue weighted by Crippen LogP contribution is -2.09. The summed E-state index contributed by atoms with van der Waals surface area (Å²) in [6, 6.07) is 14.0. The van der Waals surface area contributed by atoms with E-state index in [4.69, 9.17) is 0 Å². The second-order valence-electron chi connectivity index (χ2n) is 4.44. The third-order valence-electron chi connectivity index (χ3n) is 2.99. The molecule has 2 aromatic rings. The molecule has 2 aromatic carbocycles. The summed E-state index contributed by atoms with van der Waals surface area (Å²) in [5, 5.41) is 13.5. The molecule has 106 valence electrons. The van der Waals surface area contributed by atoms with Crippen LogP contribution in [0.3, 0.4) is 0 Å². The van der Waals surface area contributed by atoms with Gasteiger partial charge >= 0.3 is 0 Å². The standard InChI is InChI=1S/C16H14N2O3/c1-12-14(8-5-9-15(12)18(20)21)17-16(19)11-10-13-6-3-2-4-7-13/h2-11H,1H3,(H,17,19)/b11-10-. The minimum absolute atomic E-state index is 0.0140. The van der Waals surface area contributed by atoms with Gasteiger partial charge in [-0.1, -0.05) is 36.4 Å². The van der Waals surface area contributed by atoms with Gasteiger partial charge in [-0.15, -0.1) is 0 Å². The van der Waals surface area contributed by atoms with Crippen molar-refractivity contribution in [2.45, 2.75) is 6.92 Å². The number of nitro groups is 1. The Hall–Kier alpha value is -2.95. The minimum Gasteiger partial charge on any atom is -0.322 e. The highest BCUT2D eigenvalue weighted by Crippen LogP contribution is 2.24. The SMILES string of the molecule is Cc1c(NC(=O)/C=C\c2ccccc2)cccc1[N+](=O)[O-]. The molecule has 0 unspecified atom stereocenters. The molecule has 2 rings (SSSR count). The van der Waals surface area contributed by atoms with Crippen LogP contribution in [0.1, 0.15) is 11.1 Å². The smallest absolute Gasteiger partial charge is 0.274 e. The van der Waals surface area contributed by atoms with Crippen LogP contribution in [0.25, 0.3) is 6.08 Å². The molecule has 0 saturated carbocycles. The first-order chi connectivity index (χ1) is 10.1. The molecule has 5 heteroatoms. The van der Waals surface area contributed by atoms with Crippen molar-refractivity contribution in [2.75, 3.05) is 5.32 Å². The number of carbonyl (C=O) groups is 1. The molecule has 0 heterocycles. The Labute approximate surface area is 122 Å². The molecule has 0 saturated heterocycles. The molecule has 5 nitrogen and oxygen atoms in total. The van der Waals surface area contributed by atoms with E-state index in [0.29, 0.717) is 11.3 Å². The molecular weight excluding hydrogens is 268 g/mol. The van der Waals surface area contributed by atoms with Crippen molar-refractivity contribution in [3.63, 3.8) is 0 Å². The molecule has 1 N–H and O–H groups in total. The minimum atomic E-state index is -0.467. The van der Waals surface area contributed by atoms with E-state index in [1.54, 1.807) is 25.1 Å².